The molecule has 0 saturated heterocycles. The van der Waals surface area contributed by atoms with E-state index in [1.165, 1.54) is 30.2 Å². The number of thioether (sulfide) groups is 1. The van der Waals surface area contributed by atoms with E-state index in [1.807, 2.05) is 18.2 Å². The molecule has 0 heterocycles. The number of halogens is 2. The van der Waals surface area contributed by atoms with Gasteiger partial charge in [-0.3, -0.25) is 4.79 Å². The van der Waals surface area contributed by atoms with Crippen molar-refractivity contribution in [3.05, 3.63) is 33.8 Å². The van der Waals surface area contributed by atoms with E-state index in [-0.39, 0.29) is 5.12 Å². The van der Waals surface area contributed by atoms with Gasteiger partial charge in [-0.2, -0.15) is 0 Å². The molecule has 0 spiro atoms. The summed E-state index contributed by atoms with van der Waals surface area (Å²) >= 11 is 13.2. The van der Waals surface area contributed by atoms with Crippen LogP contribution in [0.4, 0.5) is 0 Å². The molecule has 0 aromatic heterocycles. The lowest BCUT2D eigenvalue weighted by molar-refractivity contribution is -0.109. The Bertz CT molecular complexity index is 393. The lowest BCUT2D eigenvalue weighted by Crippen LogP contribution is -1.89. The summed E-state index contributed by atoms with van der Waals surface area (Å²) in [6, 6.07) is 5.82. The molecule has 100 valence electrons. The van der Waals surface area contributed by atoms with E-state index in [0.29, 0.717) is 10.0 Å². The monoisotopic (exact) mass is 304 g/mol. The maximum atomic E-state index is 10.7. The van der Waals surface area contributed by atoms with Gasteiger partial charge >= 0.3 is 0 Å². The molecule has 1 rings (SSSR count). The van der Waals surface area contributed by atoms with Crippen molar-refractivity contribution in [3.8, 4) is 0 Å². The molecule has 1 nitrogen and oxygen atoms in total. The summed E-state index contributed by atoms with van der Waals surface area (Å²) in [4.78, 5) is 10.7. The second kappa shape index (κ2) is 8.84. The molecule has 4 heteroatoms. The van der Waals surface area contributed by atoms with Gasteiger partial charge in [0.05, 0.1) is 10.0 Å². The molecular formula is C14H18Cl2OS. The minimum atomic E-state index is 0.214. The third kappa shape index (κ3) is 6.67. The van der Waals surface area contributed by atoms with E-state index >= 15 is 0 Å². The van der Waals surface area contributed by atoms with Crippen molar-refractivity contribution in [2.75, 3.05) is 5.75 Å². The standard InChI is InChI=1S/C14H18Cl2OS/c1-11(17)18-9-5-3-2-4-6-12-7-8-13(15)14(16)10-12/h7-8,10H,2-6,9H2,1H3. The van der Waals surface area contributed by atoms with Gasteiger partial charge in [0.25, 0.3) is 0 Å². The summed E-state index contributed by atoms with van der Waals surface area (Å²) in [5, 5.41) is 1.46. The van der Waals surface area contributed by atoms with Crippen LogP contribution in [0.25, 0.3) is 0 Å². The Hall–Kier alpha value is -0.180. The average Bonchev–Trinajstić information content (AvgIpc) is 2.32. The normalized spacial score (nSPS) is 10.6. The highest BCUT2D eigenvalue weighted by Gasteiger charge is 2.00. The highest BCUT2D eigenvalue weighted by Crippen LogP contribution is 2.23. The number of carbonyl (C=O) groups excluding carboxylic acids is 1. The Kier molecular flexibility index (Phi) is 7.80. The maximum absolute atomic E-state index is 10.7. The van der Waals surface area contributed by atoms with Crippen LogP contribution in [0.1, 0.15) is 38.2 Å². The van der Waals surface area contributed by atoms with E-state index in [2.05, 4.69) is 0 Å². The van der Waals surface area contributed by atoms with Gasteiger partial charge < -0.3 is 0 Å². The second-order valence-corrected chi connectivity index (χ2v) is 6.34. The van der Waals surface area contributed by atoms with Crippen LogP contribution in [0.15, 0.2) is 18.2 Å². The van der Waals surface area contributed by atoms with Crippen LogP contribution in [0.3, 0.4) is 0 Å². The summed E-state index contributed by atoms with van der Waals surface area (Å²) in [7, 11) is 0. The van der Waals surface area contributed by atoms with Gasteiger partial charge in [-0.1, -0.05) is 53.9 Å². The maximum Gasteiger partial charge on any atom is 0.185 e. The zero-order valence-corrected chi connectivity index (χ0v) is 12.9. The second-order valence-electron chi connectivity index (χ2n) is 4.25. The molecule has 0 amide bonds. The summed E-state index contributed by atoms with van der Waals surface area (Å²) in [6.45, 7) is 1.62. The third-order valence-electron chi connectivity index (χ3n) is 2.65. The molecule has 0 bridgehead atoms. The summed E-state index contributed by atoms with van der Waals surface area (Å²) in [5.74, 6) is 0.947. The van der Waals surface area contributed by atoms with Crippen LogP contribution >= 0.6 is 35.0 Å². The van der Waals surface area contributed by atoms with Gasteiger partial charge in [0.15, 0.2) is 5.12 Å². The molecule has 0 unspecified atom stereocenters. The first-order valence-corrected chi connectivity index (χ1v) is 7.91. The molecule has 0 aliphatic heterocycles. The molecule has 0 fully saturated rings. The number of hydrogen-bond donors (Lipinski definition) is 0. The van der Waals surface area contributed by atoms with E-state index in [1.54, 1.807) is 6.92 Å². The van der Waals surface area contributed by atoms with Crippen LogP contribution in [-0.4, -0.2) is 10.9 Å². The van der Waals surface area contributed by atoms with Gasteiger partial charge in [-0.05, 0) is 37.0 Å². The van der Waals surface area contributed by atoms with Gasteiger partial charge in [0, 0.05) is 12.7 Å². The summed E-state index contributed by atoms with van der Waals surface area (Å²) in [5.41, 5.74) is 1.24. The highest BCUT2D eigenvalue weighted by atomic mass is 35.5. The van der Waals surface area contributed by atoms with E-state index in [4.69, 9.17) is 23.2 Å². The smallest absolute Gasteiger partial charge is 0.185 e. The Balaban J connectivity index is 2.10. The number of hydrogen-bond acceptors (Lipinski definition) is 2. The first kappa shape index (κ1) is 15.9. The van der Waals surface area contributed by atoms with Crippen LogP contribution in [0.5, 0.6) is 0 Å². The topological polar surface area (TPSA) is 17.1 Å². The SMILES string of the molecule is CC(=O)SCCCCCCc1ccc(Cl)c(Cl)c1. The summed E-state index contributed by atoms with van der Waals surface area (Å²) in [6.07, 6.45) is 5.69. The van der Waals surface area contributed by atoms with Crippen molar-refractivity contribution in [3.63, 3.8) is 0 Å². The molecule has 0 radical (unpaired) electrons. The van der Waals surface area contributed by atoms with E-state index < -0.39 is 0 Å². The van der Waals surface area contributed by atoms with E-state index in [9.17, 15) is 4.79 Å². The number of rotatable bonds is 7. The largest absolute Gasteiger partial charge is 0.288 e. The molecule has 0 saturated carbocycles. The van der Waals surface area contributed by atoms with Gasteiger partial charge in [0.2, 0.25) is 0 Å². The van der Waals surface area contributed by atoms with Crippen LogP contribution in [0.2, 0.25) is 10.0 Å². The lowest BCUT2D eigenvalue weighted by Gasteiger charge is -2.03. The van der Waals surface area contributed by atoms with Crippen molar-refractivity contribution < 1.29 is 4.79 Å². The first-order chi connectivity index (χ1) is 8.59. The Morgan fingerprint density at radius 1 is 1.11 bits per heavy atom. The van der Waals surface area contributed by atoms with Crippen LogP contribution in [0, 0.1) is 0 Å². The van der Waals surface area contributed by atoms with Crippen molar-refractivity contribution in [2.45, 2.75) is 39.0 Å². The van der Waals surface area contributed by atoms with Crippen LogP contribution in [-0.2, 0) is 11.2 Å². The molecule has 1 aromatic rings. The van der Waals surface area contributed by atoms with Crippen LogP contribution < -0.4 is 0 Å². The van der Waals surface area contributed by atoms with Crippen molar-refractivity contribution in [1.29, 1.82) is 0 Å². The van der Waals surface area contributed by atoms with Crippen molar-refractivity contribution in [1.82, 2.24) is 0 Å². The van der Waals surface area contributed by atoms with Crippen molar-refractivity contribution >= 4 is 40.1 Å². The zero-order valence-electron chi connectivity index (χ0n) is 10.5. The first-order valence-electron chi connectivity index (χ1n) is 6.17. The fourth-order valence-electron chi connectivity index (χ4n) is 1.70. The molecular weight excluding hydrogens is 287 g/mol. The number of aryl methyl sites for hydroxylation is 1. The molecule has 0 aliphatic carbocycles. The highest BCUT2D eigenvalue weighted by molar-refractivity contribution is 8.13. The van der Waals surface area contributed by atoms with Gasteiger partial charge in [-0.15, -0.1) is 0 Å². The van der Waals surface area contributed by atoms with E-state index in [0.717, 1.165) is 25.0 Å². The molecule has 1 aromatic carbocycles. The predicted molar refractivity (Wildman–Crippen MR) is 81.8 cm³/mol. The number of benzene rings is 1. The minimum Gasteiger partial charge on any atom is -0.288 e. The average molecular weight is 305 g/mol. The minimum absolute atomic E-state index is 0.214. The van der Waals surface area contributed by atoms with Gasteiger partial charge in [0.1, 0.15) is 0 Å². The summed E-state index contributed by atoms with van der Waals surface area (Å²) < 4.78 is 0. The quantitative estimate of drug-likeness (QED) is 0.629. The molecule has 18 heavy (non-hydrogen) atoms. The lowest BCUT2D eigenvalue weighted by atomic mass is 10.1. The number of unbranched alkanes of at least 4 members (excludes halogenated alkanes) is 3. The number of carbonyl (C=O) groups is 1. The Morgan fingerprint density at radius 3 is 2.50 bits per heavy atom. The fraction of sp³-hybridized carbons (Fsp3) is 0.500. The molecule has 0 aliphatic rings. The Morgan fingerprint density at radius 2 is 1.83 bits per heavy atom. The third-order valence-corrected chi connectivity index (χ3v) is 4.29. The van der Waals surface area contributed by atoms with Gasteiger partial charge in [-0.25, -0.2) is 0 Å². The molecule has 0 atom stereocenters. The zero-order chi connectivity index (χ0) is 13.4. The molecule has 0 N–H and O–H groups in total. The Labute approximate surface area is 123 Å². The predicted octanol–water partition coefficient (Wildman–Crippen LogP) is 5.38. The van der Waals surface area contributed by atoms with Crippen molar-refractivity contribution in [2.24, 2.45) is 0 Å². The fourth-order valence-corrected chi connectivity index (χ4v) is 2.65.